The van der Waals surface area contributed by atoms with Crippen LogP contribution in [0.25, 0.3) is 0 Å². The molecule has 0 aliphatic carbocycles. The van der Waals surface area contributed by atoms with Gasteiger partial charge in [-0.2, -0.15) is 0 Å². The van der Waals surface area contributed by atoms with Crippen molar-refractivity contribution in [2.45, 2.75) is 65.6 Å². The summed E-state index contributed by atoms with van der Waals surface area (Å²) >= 11 is 0. The van der Waals surface area contributed by atoms with Gasteiger partial charge in [0.25, 0.3) is 5.91 Å². The third-order valence-electron chi connectivity index (χ3n) is 4.82. The summed E-state index contributed by atoms with van der Waals surface area (Å²) in [6.07, 6.45) is 0. The summed E-state index contributed by atoms with van der Waals surface area (Å²) < 4.78 is 19.1. The largest absolute Gasteiger partial charge is 0.483 e. The molecule has 1 atom stereocenters. The molecule has 1 unspecified atom stereocenters. The lowest BCUT2D eigenvalue weighted by Crippen LogP contribution is -2.53. The number of amides is 2. The zero-order valence-corrected chi connectivity index (χ0v) is 19.2. The van der Waals surface area contributed by atoms with Crippen LogP contribution in [0.4, 0.5) is 4.39 Å². The van der Waals surface area contributed by atoms with Gasteiger partial charge in [0, 0.05) is 12.1 Å². The second-order valence-electron chi connectivity index (χ2n) is 9.04. The first-order chi connectivity index (χ1) is 14.5. The number of benzene rings is 2. The van der Waals surface area contributed by atoms with E-state index in [9.17, 15) is 14.0 Å². The van der Waals surface area contributed by atoms with Crippen LogP contribution in [0.2, 0.25) is 0 Å². The van der Waals surface area contributed by atoms with Gasteiger partial charge in [0.1, 0.15) is 17.6 Å². The Morgan fingerprint density at radius 1 is 1.03 bits per heavy atom. The molecule has 0 heterocycles. The Balaban J connectivity index is 2.21. The Kier molecular flexibility index (Phi) is 8.20. The van der Waals surface area contributed by atoms with Crippen LogP contribution in [0, 0.1) is 5.82 Å². The van der Waals surface area contributed by atoms with Gasteiger partial charge >= 0.3 is 0 Å². The van der Waals surface area contributed by atoms with E-state index in [0.717, 1.165) is 11.1 Å². The van der Waals surface area contributed by atoms with Gasteiger partial charge in [-0.3, -0.25) is 9.59 Å². The van der Waals surface area contributed by atoms with Gasteiger partial charge in [-0.05, 0) is 62.9 Å². The SMILES string of the molecule is CC(C)c1ccccc1OCC(=O)N(Cc1ccc(F)cc1)C(C)C(=O)NC(C)(C)C. The summed E-state index contributed by atoms with van der Waals surface area (Å²) in [7, 11) is 0. The van der Waals surface area contributed by atoms with Gasteiger partial charge in [-0.1, -0.05) is 44.2 Å². The number of nitrogens with one attached hydrogen (secondary N) is 1. The van der Waals surface area contributed by atoms with Crippen LogP contribution < -0.4 is 10.1 Å². The quantitative estimate of drug-likeness (QED) is 0.665. The van der Waals surface area contributed by atoms with E-state index in [-0.39, 0.29) is 36.7 Å². The van der Waals surface area contributed by atoms with Crippen molar-refractivity contribution in [3.63, 3.8) is 0 Å². The number of carbonyl (C=O) groups excluding carboxylic acids is 2. The summed E-state index contributed by atoms with van der Waals surface area (Å²) in [5, 5.41) is 2.91. The van der Waals surface area contributed by atoms with Crippen molar-refractivity contribution in [1.82, 2.24) is 10.2 Å². The molecule has 2 aromatic carbocycles. The molecule has 0 aliphatic rings. The smallest absolute Gasteiger partial charge is 0.261 e. The molecule has 6 heteroatoms. The van der Waals surface area contributed by atoms with Crippen LogP contribution in [0.15, 0.2) is 48.5 Å². The van der Waals surface area contributed by atoms with Crippen molar-refractivity contribution < 1.29 is 18.7 Å². The first-order valence-electron chi connectivity index (χ1n) is 10.6. The zero-order valence-electron chi connectivity index (χ0n) is 19.2. The molecule has 0 saturated carbocycles. The standard InChI is InChI=1S/C25H33FN2O3/c1-17(2)21-9-7-8-10-22(21)31-16-23(29)28(15-19-11-13-20(26)14-12-19)18(3)24(30)27-25(4,5)6/h7-14,17-18H,15-16H2,1-6H3,(H,27,30). The minimum atomic E-state index is -0.722. The van der Waals surface area contributed by atoms with Crippen molar-refractivity contribution in [3.8, 4) is 5.75 Å². The van der Waals surface area contributed by atoms with E-state index >= 15 is 0 Å². The lowest BCUT2D eigenvalue weighted by atomic mass is 10.0. The monoisotopic (exact) mass is 428 g/mol. The minimum Gasteiger partial charge on any atom is -0.483 e. The molecule has 0 bridgehead atoms. The highest BCUT2D eigenvalue weighted by Gasteiger charge is 2.28. The molecule has 0 spiro atoms. The maximum atomic E-state index is 13.3. The Bertz CT molecular complexity index is 888. The van der Waals surface area contributed by atoms with Crippen molar-refractivity contribution >= 4 is 11.8 Å². The van der Waals surface area contributed by atoms with Crippen LogP contribution in [-0.4, -0.2) is 34.9 Å². The zero-order chi connectivity index (χ0) is 23.2. The molecule has 0 radical (unpaired) electrons. The first kappa shape index (κ1) is 24.4. The van der Waals surface area contributed by atoms with E-state index in [1.54, 1.807) is 19.1 Å². The Hall–Kier alpha value is -2.89. The summed E-state index contributed by atoms with van der Waals surface area (Å²) in [5.74, 6) is -0.0313. The maximum Gasteiger partial charge on any atom is 0.261 e. The fourth-order valence-electron chi connectivity index (χ4n) is 3.15. The van der Waals surface area contributed by atoms with Gasteiger partial charge in [0.15, 0.2) is 6.61 Å². The predicted molar refractivity (Wildman–Crippen MR) is 120 cm³/mol. The molecule has 2 aromatic rings. The molecule has 0 aliphatic heterocycles. The normalized spacial score (nSPS) is 12.4. The number of hydrogen-bond donors (Lipinski definition) is 1. The average molecular weight is 429 g/mol. The Labute approximate surface area is 184 Å². The molecule has 168 valence electrons. The predicted octanol–water partition coefficient (Wildman–Crippen LogP) is 4.66. The Morgan fingerprint density at radius 3 is 2.23 bits per heavy atom. The van der Waals surface area contributed by atoms with Gasteiger partial charge in [0.05, 0.1) is 0 Å². The fraction of sp³-hybridized carbons (Fsp3) is 0.440. The van der Waals surface area contributed by atoms with Crippen LogP contribution in [0.5, 0.6) is 5.75 Å². The fourth-order valence-corrected chi connectivity index (χ4v) is 3.15. The molecule has 0 aromatic heterocycles. The van der Waals surface area contributed by atoms with Gasteiger partial charge in [-0.15, -0.1) is 0 Å². The molecule has 31 heavy (non-hydrogen) atoms. The lowest BCUT2D eigenvalue weighted by Gasteiger charge is -2.31. The van der Waals surface area contributed by atoms with E-state index in [0.29, 0.717) is 5.75 Å². The van der Waals surface area contributed by atoms with E-state index < -0.39 is 11.6 Å². The van der Waals surface area contributed by atoms with Crippen LogP contribution in [0.1, 0.15) is 58.6 Å². The number of nitrogens with zero attached hydrogens (tertiary/aromatic N) is 1. The summed E-state index contributed by atoms with van der Waals surface area (Å²) in [6, 6.07) is 12.8. The maximum absolute atomic E-state index is 13.3. The summed E-state index contributed by atoms with van der Waals surface area (Å²) in [4.78, 5) is 27.4. The molecule has 5 nitrogen and oxygen atoms in total. The minimum absolute atomic E-state index is 0.174. The van der Waals surface area contributed by atoms with Crippen molar-refractivity contribution in [3.05, 3.63) is 65.5 Å². The molecule has 2 rings (SSSR count). The van der Waals surface area contributed by atoms with Crippen LogP contribution in [-0.2, 0) is 16.1 Å². The second-order valence-corrected chi connectivity index (χ2v) is 9.04. The molecule has 0 fully saturated rings. The highest BCUT2D eigenvalue weighted by atomic mass is 19.1. The highest BCUT2D eigenvalue weighted by Crippen LogP contribution is 2.26. The third kappa shape index (κ3) is 7.39. The molecule has 1 N–H and O–H groups in total. The lowest BCUT2D eigenvalue weighted by molar-refractivity contribution is -0.142. The molecular weight excluding hydrogens is 395 g/mol. The number of ether oxygens (including phenoxy) is 1. The van der Waals surface area contributed by atoms with E-state index in [2.05, 4.69) is 19.2 Å². The van der Waals surface area contributed by atoms with E-state index in [4.69, 9.17) is 4.74 Å². The molecule has 2 amide bonds. The molecule has 0 saturated heterocycles. The average Bonchev–Trinajstić information content (AvgIpc) is 2.70. The highest BCUT2D eigenvalue weighted by molar-refractivity contribution is 5.88. The summed E-state index contributed by atoms with van der Waals surface area (Å²) in [6.45, 7) is 11.4. The van der Waals surface area contributed by atoms with Gasteiger partial charge < -0.3 is 15.0 Å². The third-order valence-corrected chi connectivity index (χ3v) is 4.82. The molecular formula is C25H33FN2O3. The van der Waals surface area contributed by atoms with E-state index in [1.165, 1.54) is 17.0 Å². The first-order valence-corrected chi connectivity index (χ1v) is 10.6. The second kappa shape index (κ2) is 10.4. The van der Waals surface area contributed by atoms with Crippen LogP contribution in [0.3, 0.4) is 0 Å². The number of carbonyl (C=O) groups is 2. The number of rotatable bonds is 8. The Morgan fingerprint density at radius 2 is 1.65 bits per heavy atom. The summed E-state index contributed by atoms with van der Waals surface area (Å²) in [5.41, 5.74) is 1.31. The number of hydrogen-bond acceptors (Lipinski definition) is 3. The van der Waals surface area contributed by atoms with Gasteiger partial charge in [-0.25, -0.2) is 4.39 Å². The van der Waals surface area contributed by atoms with E-state index in [1.807, 2.05) is 45.0 Å². The van der Waals surface area contributed by atoms with Crippen LogP contribution >= 0.6 is 0 Å². The number of halogens is 1. The van der Waals surface area contributed by atoms with Gasteiger partial charge in [0.2, 0.25) is 5.91 Å². The van der Waals surface area contributed by atoms with Crippen molar-refractivity contribution in [1.29, 1.82) is 0 Å². The van der Waals surface area contributed by atoms with Crippen molar-refractivity contribution in [2.75, 3.05) is 6.61 Å². The van der Waals surface area contributed by atoms with Crippen molar-refractivity contribution in [2.24, 2.45) is 0 Å². The topological polar surface area (TPSA) is 58.6 Å². The number of para-hydroxylation sites is 1.